The summed E-state index contributed by atoms with van der Waals surface area (Å²) in [7, 11) is 0. The van der Waals surface area contributed by atoms with Crippen LogP contribution in [-0.4, -0.2) is 18.1 Å². The second-order valence-corrected chi connectivity index (χ2v) is 5.86. The zero-order valence-electron chi connectivity index (χ0n) is 12.3. The smallest absolute Gasteiger partial charge is 0.127 e. The van der Waals surface area contributed by atoms with Crippen molar-refractivity contribution in [2.75, 3.05) is 23.7 Å². The van der Waals surface area contributed by atoms with Crippen molar-refractivity contribution in [2.45, 2.75) is 46.0 Å². The van der Waals surface area contributed by atoms with Gasteiger partial charge < -0.3 is 10.6 Å². The lowest BCUT2D eigenvalue weighted by atomic mass is 9.83. The fourth-order valence-electron chi connectivity index (χ4n) is 2.69. The van der Waals surface area contributed by atoms with E-state index in [1.54, 1.807) is 0 Å². The molecular weight excluding hydrogens is 234 g/mol. The molecule has 0 spiro atoms. The van der Waals surface area contributed by atoms with E-state index in [0.29, 0.717) is 0 Å². The second kappa shape index (κ2) is 7.37. The van der Waals surface area contributed by atoms with Gasteiger partial charge in [0.15, 0.2) is 0 Å². The molecule has 0 bridgehead atoms. The number of aromatic nitrogens is 1. The number of nitrogens with zero attached hydrogens (tertiary/aromatic N) is 1. The zero-order chi connectivity index (χ0) is 13.5. The second-order valence-electron chi connectivity index (χ2n) is 5.86. The summed E-state index contributed by atoms with van der Waals surface area (Å²) in [4.78, 5) is 4.33. The fourth-order valence-corrected chi connectivity index (χ4v) is 2.69. The highest BCUT2D eigenvalue weighted by atomic mass is 15.0. The Morgan fingerprint density at radius 2 is 2.00 bits per heavy atom. The van der Waals surface area contributed by atoms with Crippen LogP contribution in [-0.2, 0) is 0 Å². The summed E-state index contributed by atoms with van der Waals surface area (Å²) in [6.45, 7) is 6.62. The van der Waals surface area contributed by atoms with Crippen molar-refractivity contribution >= 4 is 11.5 Å². The third-order valence-corrected chi connectivity index (χ3v) is 4.05. The molecule has 1 heterocycles. The largest absolute Gasteiger partial charge is 0.385 e. The Morgan fingerprint density at radius 3 is 2.74 bits per heavy atom. The molecule has 0 unspecified atom stereocenters. The molecule has 1 aromatic rings. The average molecular weight is 261 g/mol. The Hall–Kier alpha value is -1.25. The molecule has 19 heavy (non-hydrogen) atoms. The number of pyridine rings is 1. The van der Waals surface area contributed by atoms with E-state index >= 15 is 0 Å². The Labute approximate surface area is 117 Å². The predicted molar refractivity (Wildman–Crippen MR) is 82.6 cm³/mol. The van der Waals surface area contributed by atoms with Gasteiger partial charge in [-0.05, 0) is 37.2 Å². The van der Waals surface area contributed by atoms with Gasteiger partial charge in [-0.3, -0.25) is 0 Å². The first-order valence-electron chi connectivity index (χ1n) is 7.71. The molecular formula is C16H27N3. The van der Waals surface area contributed by atoms with Gasteiger partial charge in [-0.2, -0.15) is 0 Å². The highest BCUT2D eigenvalue weighted by Gasteiger charge is 2.17. The van der Waals surface area contributed by atoms with Crippen molar-refractivity contribution in [2.24, 2.45) is 11.8 Å². The highest BCUT2D eigenvalue weighted by Crippen LogP contribution is 2.28. The minimum absolute atomic E-state index is 0.844. The lowest BCUT2D eigenvalue weighted by Crippen LogP contribution is -2.20. The molecule has 1 aliphatic rings. The lowest BCUT2D eigenvalue weighted by Gasteiger charge is -2.26. The molecule has 3 nitrogen and oxygen atoms in total. The number of anilines is 2. The van der Waals surface area contributed by atoms with Crippen LogP contribution in [0.5, 0.6) is 0 Å². The van der Waals surface area contributed by atoms with E-state index < -0.39 is 0 Å². The van der Waals surface area contributed by atoms with Crippen molar-refractivity contribution in [1.82, 2.24) is 4.98 Å². The predicted octanol–water partition coefficient (Wildman–Crippen LogP) is 4.14. The summed E-state index contributed by atoms with van der Waals surface area (Å²) in [5.41, 5.74) is 1.19. The van der Waals surface area contributed by atoms with Crippen LogP contribution in [0.2, 0.25) is 0 Å². The van der Waals surface area contributed by atoms with E-state index in [0.717, 1.165) is 37.2 Å². The van der Waals surface area contributed by atoms with Gasteiger partial charge in [-0.1, -0.05) is 26.7 Å². The number of nitrogens with one attached hydrogen (secondary N) is 2. The van der Waals surface area contributed by atoms with Crippen molar-refractivity contribution in [3.8, 4) is 0 Å². The van der Waals surface area contributed by atoms with Gasteiger partial charge in [0.25, 0.3) is 0 Å². The number of hydrogen-bond acceptors (Lipinski definition) is 3. The summed E-state index contributed by atoms with van der Waals surface area (Å²) in [6, 6.07) is 4.17. The van der Waals surface area contributed by atoms with Gasteiger partial charge in [0.1, 0.15) is 5.82 Å². The molecule has 0 amide bonds. The van der Waals surface area contributed by atoms with Crippen LogP contribution >= 0.6 is 0 Å². The van der Waals surface area contributed by atoms with Crippen molar-refractivity contribution < 1.29 is 0 Å². The summed E-state index contributed by atoms with van der Waals surface area (Å²) < 4.78 is 0. The number of rotatable bonds is 6. The summed E-state index contributed by atoms with van der Waals surface area (Å²) >= 11 is 0. The zero-order valence-corrected chi connectivity index (χ0v) is 12.3. The molecule has 0 aromatic carbocycles. The van der Waals surface area contributed by atoms with Crippen molar-refractivity contribution in [3.63, 3.8) is 0 Å². The van der Waals surface area contributed by atoms with Crippen molar-refractivity contribution in [1.29, 1.82) is 0 Å². The van der Waals surface area contributed by atoms with Crippen LogP contribution in [0.3, 0.4) is 0 Å². The summed E-state index contributed by atoms with van der Waals surface area (Å²) in [5, 5.41) is 6.89. The Kier molecular flexibility index (Phi) is 5.49. The molecule has 1 fully saturated rings. The average Bonchev–Trinajstić information content (AvgIpc) is 2.45. The summed E-state index contributed by atoms with van der Waals surface area (Å²) in [5.74, 6) is 2.75. The lowest BCUT2D eigenvalue weighted by molar-refractivity contribution is 0.300. The molecule has 1 saturated carbocycles. The molecule has 0 radical (unpaired) electrons. The van der Waals surface area contributed by atoms with Crippen LogP contribution in [0.25, 0.3) is 0 Å². The van der Waals surface area contributed by atoms with Gasteiger partial charge in [-0.25, -0.2) is 4.98 Å². The maximum atomic E-state index is 4.33. The van der Waals surface area contributed by atoms with Crippen LogP contribution in [0.15, 0.2) is 18.3 Å². The monoisotopic (exact) mass is 261 g/mol. The van der Waals surface area contributed by atoms with Gasteiger partial charge in [-0.15, -0.1) is 0 Å². The van der Waals surface area contributed by atoms with Gasteiger partial charge >= 0.3 is 0 Å². The molecule has 3 heteroatoms. The van der Waals surface area contributed by atoms with E-state index in [1.807, 2.05) is 6.20 Å². The SMILES string of the molecule is CCCNc1cc(NCC2CCC(C)CC2)ccn1. The van der Waals surface area contributed by atoms with E-state index in [1.165, 1.54) is 31.4 Å². The van der Waals surface area contributed by atoms with Gasteiger partial charge in [0, 0.05) is 31.0 Å². The topological polar surface area (TPSA) is 37.0 Å². The molecule has 1 aromatic heterocycles. The van der Waals surface area contributed by atoms with Crippen molar-refractivity contribution in [3.05, 3.63) is 18.3 Å². The maximum Gasteiger partial charge on any atom is 0.127 e. The third kappa shape index (κ3) is 4.73. The van der Waals surface area contributed by atoms with E-state index in [2.05, 4.69) is 41.6 Å². The molecule has 0 atom stereocenters. The first kappa shape index (κ1) is 14.2. The van der Waals surface area contributed by atoms with Gasteiger partial charge in [0.05, 0.1) is 0 Å². The van der Waals surface area contributed by atoms with E-state index in [-0.39, 0.29) is 0 Å². The molecule has 106 valence electrons. The molecule has 2 N–H and O–H groups in total. The quantitative estimate of drug-likeness (QED) is 0.808. The maximum absolute atomic E-state index is 4.33. The van der Waals surface area contributed by atoms with Crippen LogP contribution < -0.4 is 10.6 Å². The standard InChI is InChI=1S/C16H27N3/c1-3-9-17-16-11-15(8-10-18-16)19-12-14-6-4-13(2)5-7-14/h8,10-11,13-14H,3-7,9,12H2,1-2H3,(H2,17,18,19). The Balaban J connectivity index is 1.78. The molecule has 0 saturated heterocycles. The van der Waals surface area contributed by atoms with Crippen LogP contribution in [0.4, 0.5) is 11.5 Å². The minimum atomic E-state index is 0.844. The first-order chi connectivity index (χ1) is 9.28. The van der Waals surface area contributed by atoms with Crippen LogP contribution in [0.1, 0.15) is 46.0 Å². The fraction of sp³-hybridized carbons (Fsp3) is 0.688. The van der Waals surface area contributed by atoms with E-state index in [4.69, 9.17) is 0 Å². The Bertz CT molecular complexity index is 370. The molecule has 2 rings (SSSR count). The Morgan fingerprint density at radius 1 is 1.21 bits per heavy atom. The van der Waals surface area contributed by atoms with Crippen LogP contribution in [0, 0.1) is 11.8 Å². The van der Waals surface area contributed by atoms with Gasteiger partial charge in [0.2, 0.25) is 0 Å². The molecule has 1 aliphatic carbocycles. The highest BCUT2D eigenvalue weighted by molar-refractivity contribution is 5.51. The summed E-state index contributed by atoms with van der Waals surface area (Å²) in [6.07, 6.45) is 8.54. The number of hydrogen-bond donors (Lipinski definition) is 2. The normalized spacial score (nSPS) is 23.1. The van der Waals surface area contributed by atoms with E-state index in [9.17, 15) is 0 Å². The first-order valence-corrected chi connectivity index (χ1v) is 7.71. The minimum Gasteiger partial charge on any atom is -0.385 e. The third-order valence-electron chi connectivity index (χ3n) is 4.05. The molecule has 0 aliphatic heterocycles.